The summed E-state index contributed by atoms with van der Waals surface area (Å²) >= 11 is 0. The van der Waals surface area contributed by atoms with Crippen LogP contribution in [-0.2, 0) is 4.79 Å². The third kappa shape index (κ3) is 2.50. The number of nitrogens with zero attached hydrogens (tertiary/aromatic N) is 3. The lowest BCUT2D eigenvalue weighted by Gasteiger charge is -2.08. The summed E-state index contributed by atoms with van der Waals surface area (Å²) in [5, 5.41) is 3.42. The molecule has 1 unspecified atom stereocenters. The minimum atomic E-state index is -4.90. The van der Waals surface area contributed by atoms with Crippen LogP contribution in [0.3, 0.4) is 0 Å². The van der Waals surface area contributed by atoms with E-state index in [0.29, 0.717) is 0 Å². The van der Waals surface area contributed by atoms with Crippen molar-refractivity contribution in [1.82, 2.24) is 10.1 Å². The number of hydrogen-bond acceptors (Lipinski definition) is 5. The van der Waals surface area contributed by atoms with Gasteiger partial charge in [-0.25, -0.2) is 0 Å². The smallest absolute Gasteiger partial charge is 0.344 e. The fourth-order valence-corrected chi connectivity index (χ4v) is 0.942. The van der Waals surface area contributed by atoms with E-state index >= 15 is 0 Å². The Balaban J connectivity index is 2.89. The third-order valence-electron chi connectivity index (χ3n) is 1.87. The molecule has 90 valence electrons. The molecule has 0 aromatic carbocycles. The molecule has 0 bridgehead atoms. The van der Waals surface area contributed by atoms with Crippen LogP contribution in [0.2, 0.25) is 0 Å². The average Bonchev–Trinajstić information content (AvgIpc) is 2.62. The predicted octanol–water partition coefficient (Wildman–Crippen LogP) is 1.37. The maximum Gasteiger partial charge on any atom is 0.450 e. The highest BCUT2D eigenvalue weighted by Crippen LogP contribution is 2.26. The second-order valence-electron chi connectivity index (χ2n) is 3.41. The van der Waals surface area contributed by atoms with Gasteiger partial charge < -0.3 is 9.42 Å². The number of aromatic nitrogens is 2. The van der Waals surface area contributed by atoms with Crippen molar-refractivity contribution in [3.8, 4) is 0 Å². The second-order valence-corrected chi connectivity index (χ2v) is 3.41. The van der Waals surface area contributed by atoms with E-state index in [1.807, 2.05) is 0 Å². The van der Waals surface area contributed by atoms with Gasteiger partial charge in [-0.15, -0.1) is 0 Å². The molecule has 0 saturated carbocycles. The number of carbonyl (C=O) groups excluding carboxylic acids is 1. The fraction of sp³-hybridized carbons (Fsp3) is 0.625. The first kappa shape index (κ1) is 12.5. The van der Waals surface area contributed by atoms with E-state index in [1.54, 1.807) is 14.1 Å². The summed E-state index contributed by atoms with van der Waals surface area (Å²) in [4.78, 5) is 16.0. The Bertz CT molecular complexity index is 386. The Morgan fingerprint density at radius 3 is 2.38 bits per heavy atom. The summed E-state index contributed by atoms with van der Waals surface area (Å²) < 4.78 is 40.9. The lowest BCUT2D eigenvalue weighted by Crippen LogP contribution is -2.27. The average molecular weight is 237 g/mol. The Kier molecular flexibility index (Phi) is 3.20. The number of alkyl halides is 3. The highest BCUT2D eigenvalue weighted by atomic mass is 19.4. The van der Waals surface area contributed by atoms with E-state index in [4.69, 9.17) is 0 Å². The molecule has 0 spiro atoms. The van der Waals surface area contributed by atoms with Crippen LogP contribution < -0.4 is 4.90 Å². The van der Waals surface area contributed by atoms with Gasteiger partial charge in [0.2, 0.25) is 11.7 Å². The zero-order valence-electron chi connectivity index (χ0n) is 8.87. The van der Waals surface area contributed by atoms with Gasteiger partial charge in [-0.2, -0.15) is 18.2 Å². The molecule has 0 aliphatic heterocycles. The first-order chi connectivity index (χ1) is 7.23. The van der Waals surface area contributed by atoms with Gasteiger partial charge in [-0.3, -0.25) is 4.79 Å². The van der Waals surface area contributed by atoms with Gasteiger partial charge in [-0.05, 0) is 12.1 Å². The van der Waals surface area contributed by atoms with E-state index < -0.39 is 17.9 Å². The van der Waals surface area contributed by atoms with Crippen molar-refractivity contribution in [3.63, 3.8) is 0 Å². The predicted molar refractivity (Wildman–Crippen MR) is 48.1 cm³/mol. The minimum Gasteiger partial charge on any atom is -0.344 e. The molecule has 0 fully saturated rings. The molecule has 0 aliphatic carbocycles. The Labute approximate surface area is 89.2 Å². The van der Waals surface area contributed by atoms with Crippen molar-refractivity contribution in [1.29, 1.82) is 0 Å². The Morgan fingerprint density at radius 2 is 2.00 bits per heavy atom. The van der Waals surface area contributed by atoms with Gasteiger partial charge in [0.05, 0.1) is 0 Å². The highest BCUT2D eigenvalue weighted by Gasteiger charge is 2.44. The van der Waals surface area contributed by atoms with Gasteiger partial charge in [-0.1, -0.05) is 0 Å². The van der Waals surface area contributed by atoms with E-state index in [0.717, 1.165) is 6.92 Å². The zero-order valence-corrected chi connectivity index (χ0v) is 8.87. The van der Waals surface area contributed by atoms with E-state index in [9.17, 15) is 18.0 Å². The normalized spacial score (nSPS) is 13.6. The highest BCUT2D eigenvalue weighted by molar-refractivity contribution is 5.89. The molecule has 8 heteroatoms. The van der Waals surface area contributed by atoms with Crippen LogP contribution in [0.1, 0.15) is 18.7 Å². The summed E-state index contributed by atoms with van der Waals surface area (Å²) in [7, 11) is 3.20. The molecule has 1 aromatic heterocycles. The minimum absolute atomic E-state index is 0.122. The molecule has 1 heterocycles. The molecule has 0 N–H and O–H groups in total. The number of Topliss-reactive ketones (excluding diaryl/α,β-unsaturated/α-hetero) is 1. The summed E-state index contributed by atoms with van der Waals surface area (Å²) in [6.07, 6.45) is -4.90. The lowest BCUT2D eigenvalue weighted by atomic mass is 10.1. The number of anilines is 1. The standard InChI is InChI=1S/C8H10F3N3O2/c1-4(5(15)8(9,10)11)6-12-7(13-16-6)14(2)3/h4H,1-3H3. The molecule has 0 aliphatic rings. The maximum absolute atomic E-state index is 12.1. The van der Waals surface area contributed by atoms with Crippen LogP contribution in [0, 0.1) is 0 Å². The van der Waals surface area contributed by atoms with Gasteiger partial charge in [0.15, 0.2) is 0 Å². The van der Waals surface area contributed by atoms with Gasteiger partial charge in [0.1, 0.15) is 5.92 Å². The maximum atomic E-state index is 12.1. The Hall–Kier alpha value is -1.60. The molecule has 16 heavy (non-hydrogen) atoms. The monoisotopic (exact) mass is 237 g/mol. The second kappa shape index (κ2) is 4.11. The van der Waals surface area contributed by atoms with Crippen LogP contribution in [0.4, 0.5) is 19.1 Å². The molecular weight excluding hydrogens is 227 g/mol. The van der Waals surface area contributed by atoms with Crippen LogP contribution in [0.5, 0.6) is 0 Å². The fourth-order valence-electron chi connectivity index (χ4n) is 0.942. The van der Waals surface area contributed by atoms with Crippen molar-refractivity contribution in [3.05, 3.63) is 5.89 Å². The number of rotatable bonds is 3. The van der Waals surface area contributed by atoms with Crippen molar-refractivity contribution < 1.29 is 22.5 Å². The molecule has 0 saturated heterocycles. The molecule has 1 rings (SSSR count). The van der Waals surface area contributed by atoms with Crippen LogP contribution in [0.15, 0.2) is 4.52 Å². The van der Waals surface area contributed by atoms with E-state index in [-0.39, 0.29) is 11.8 Å². The molecule has 0 amide bonds. The molecular formula is C8H10F3N3O2. The third-order valence-corrected chi connectivity index (χ3v) is 1.87. The number of halogens is 3. The number of carbonyl (C=O) groups is 1. The van der Waals surface area contributed by atoms with Crippen LogP contribution in [0.25, 0.3) is 0 Å². The first-order valence-corrected chi connectivity index (χ1v) is 4.35. The SMILES string of the molecule is CC(C(=O)C(F)(F)F)c1nc(N(C)C)no1. The lowest BCUT2D eigenvalue weighted by molar-refractivity contribution is -0.172. The van der Waals surface area contributed by atoms with Crippen LogP contribution in [-0.4, -0.2) is 36.2 Å². The van der Waals surface area contributed by atoms with Crippen molar-refractivity contribution in [2.75, 3.05) is 19.0 Å². The van der Waals surface area contributed by atoms with Gasteiger partial charge in [0.25, 0.3) is 5.95 Å². The first-order valence-electron chi connectivity index (χ1n) is 4.35. The largest absolute Gasteiger partial charge is 0.450 e. The van der Waals surface area contributed by atoms with Gasteiger partial charge in [0, 0.05) is 14.1 Å². The number of ketones is 1. The number of hydrogen-bond donors (Lipinski definition) is 0. The molecule has 5 nitrogen and oxygen atoms in total. The van der Waals surface area contributed by atoms with Crippen LogP contribution >= 0.6 is 0 Å². The van der Waals surface area contributed by atoms with Gasteiger partial charge >= 0.3 is 6.18 Å². The van der Waals surface area contributed by atoms with E-state index in [1.165, 1.54) is 4.90 Å². The quantitative estimate of drug-likeness (QED) is 0.794. The molecule has 1 atom stereocenters. The summed E-state index contributed by atoms with van der Waals surface area (Å²) in [6.45, 7) is 1.07. The molecule has 1 aromatic rings. The van der Waals surface area contributed by atoms with Crippen molar-refractivity contribution >= 4 is 11.7 Å². The summed E-state index contributed by atoms with van der Waals surface area (Å²) in [5.41, 5.74) is 0. The zero-order chi connectivity index (χ0) is 12.5. The van der Waals surface area contributed by atoms with E-state index in [2.05, 4.69) is 14.7 Å². The Morgan fingerprint density at radius 1 is 1.44 bits per heavy atom. The van der Waals surface area contributed by atoms with Crippen molar-refractivity contribution in [2.45, 2.75) is 19.0 Å². The summed E-state index contributed by atoms with van der Waals surface area (Å²) in [6, 6.07) is 0. The summed E-state index contributed by atoms with van der Waals surface area (Å²) in [5.74, 6) is -3.61. The van der Waals surface area contributed by atoms with Crippen molar-refractivity contribution in [2.24, 2.45) is 0 Å². The topological polar surface area (TPSA) is 59.2 Å². The molecule has 0 radical (unpaired) electrons.